The summed E-state index contributed by atoms with van der Waals surface area (Å²) in [5.74, 6) is 0.0881. The van der Waals surface area contributed by atoms with Gasteiger partial charge in [0.1, 0.15) is 0 Å². The molecule has 2 N–H and O–H groups in total. The molecule has 0 spiro atoms. The van der Waals surface area contributed by atoms with Crippen LogP contribution >= 0.6 is 15.9 Å². The van der Waals surface area contributed by atoms with Gasteiger partial charge in [0, 0.05) is 24.1 Å². The highest BCUT2D eigenvalue weighted by Crippen LogP contribution is 2.25. The van der Waals surface area contributed by atoms with Gasteiger partial charge < -0.3 is 10.6 Å². The van der Waals surface area contributed by atoms with Crippen LogP contribution < -0.4 is 10.6 Å². The van der Waals surface area contributed by atoms with Crippen LogP contribution in [0.2, 0.25) is 0 Å². The molecule has 0 heterocycles. The average Bonchev–Trinajstić information content (AvgIpc) is 2.44. The molecule has 1 unspecified atom stereocenters. The third-order valence-electron chi connectivity index (χ3n) is 4.07. The van der Waals surface area contributed by atoms with Crippen molar-refractivity contribution in [2.45, 2.75) is 39.2 Å². The van der Waals surface area contributed by atoms with Crippen molar-refractivity contribution in [3.63, 3.8) is 0 Å². The predicted octanol–water partition coefficient (Wildman–Crippen LogP) is 2.67. The Morgan fingerprint density at radius 2 is 2.15 bits per heavy atom. The van der Waals surface area contributed by atoms with Gasteiger partial charge in [-0.05, 0) is 56.4 Å². The molecular weight excluding hydrogens is 316 g/mol. The van der Waals surface area contributed by atoms with E-state index >= 15 is 0 Å². The maximum atomic E-state index is 11.8. The zero-order valence-electron chi connectivity index (χ0n) is 12.4. The second-order valence-electron chi connectivity index (χ2n) is 6.20. The van der Waals surface area contributed by atoms with Crippen LogP contribution in [0.4, 0.5) is 0 Å². The summed E-state index contributed by atoms with van der Waals surface area (Å²) < 4.78 is 1.16. The number of carbonyl (C=O) groups is 1. The van der Waals surface area contributed by atoms with Gasteiger partial charge in [0.2, 0.25) is 5.91 Å². The van der Waals surface area contributed by atoms with Crippen LogP contribution in [0, 0.1) is 5.41 Å². The van der Waals surface area contributed by atoms with Crippen molar-refractivity contribution in [2.75, 3.05) is 13.6 Å². The molecule has 0 aromatic heterocycles. The average molecular weight is 339 g/mol. The Balaban J connectivity index is 1.94. The summed E-state index contributed by atoms with van der Waals surface area (Å²) >= 11 is 3.53. The molecule has 0 radical (unpaired) electrons. The van der Waals surface area contributed by atoms with Crippen LogP contribution in [-0.2, 0) is 17.6 Å². The van der Waals surface area contributed by atoms with Crippen molar-refractivity contribution in [2.24, 2.45) is 5.41 Å². The van der Waals surface area contributed by atoms with Crippen LogP contribution in [0.15, 0.2) is 22.7 Å². The lowest BCUT2D eigenvalue weighted by Crippen LogP contribution is -2.46. The minimum atomic E-state index is -0.366. The van der Waals surface area contributed by atoms with Gasteiger partial charge in [-0.1, -0.05) is 22.0 Å². The lowest BCUT2D eigenvalue weighted by molar-refractivity contribution is -0.128. The van der Waals surface area contributed by atoms with Crippen molar-refractivity contribution in [1.29, 1.82) is 0 Å². The van der Waals surface area contributed by atoms with Crippen molar-refractivity contribution in [3.8, 4) is 0 Å². The van der Waals surface area contributed by atoms with Crippen molar-refractivity contribution < 1.29 is 4.79 Å². The van der Waals surface area contributed by atoms with E-state index in [4.69, 9.17) is 0 Å². The standard InChI is InChI=1S/C16H23BrN2O/c1-16(2,15(20)18-3)10-19-14-7-5-11-8-13(17)6-4-12(11)9-14/h4,6,8,14,19H,5,7,9-10H2,1-3H3,(H,18,20). The van der Waals surface area contributed by atoms with Gasteiger partial charge in [-0.15, -0.1) is 0 Å². The highest BCUT2D eigenvalue weighted by atomic mass is 79.9. The molecule has 2 rings (SSSR count). The van der Waals surface area contributed by atoms with Crippen LogP contribution in [0.1, 0.15) is 31.4 Å². The zero-order chi connectivity index (χ0) is 14.8. The molecule has 0 fully saturated rings. The molecule has 20 heavy (non-hydrogen) atoms. The van der Waals surface area contributed by atoms with E-state index in [1.807, 2.05) is 13.8 Å². The Kier molecular flexibility index (Phi) is 4.86. The van der Waals surface area contributed by atoms with Gasteiger partial charge in [-0.3, -0.25) is 4.79 Å². The number of amides is 1. The summed E-state index contributed by atoms with van der Waals surface area (Å²) in [6.45, 7) is 4.67. The first kappa shape index (κ1) is 15.5. The first-order valence-corrected chi connectivity index (χ1v) is 7.94. The Morgan fingerprint density at radius 1 is 1.40 bits per heavy atom. The third-order valence-corrected chi connectivity index (χ3v) is 4.56. The minimum Gasteiger partial charge on any atom is -0.359 e. The molecule has 0 saturated carbocycles. The number of hydrogen-bond acceptors (Lipinski definition) is 2. The van der Waals surface area contributed by atoms with Crippen molar-refractivity contribution in [1.82, 2.24) is 10.6 Å². The summed E-state index contributed by atoms with van der Waals surface area (Å²) in [5.41, 5.74) is 2.51. The van der Waals surface area contributed by atoms with Crippen LogP contribution in [0.3, 0.4) is 0 Å². The van der Waals surface area contributed by atoms with E-state index in [0.29, 0.717) is 12.6 Å². The fourth-order valence-corrected chi connectivity index (χ4v) is 3.12. The molecule has 110 valence electrons. The molecule has 0 bridgehead atoms. The van der Waals surface area contributed by atoms with E-state index in [2.05, 4.69) is 44.8 Å². The van der Waals surface area contributed by atoms with E-state index in [-0.39, 0.29) is 11.3 Å². The summed E-state index contributed by atoms with van der Waals surface area (Å²) in [4.78, 5) is 11.8. The highest BCUT2D eigenvalue weighted by molar-refractivity contribution is 9.10. The second kappa shape index (κ2) is 6.27. The summed E-state index contributed by atoms with van der Waals surface area (Å²) in [5, 5.41) is 6.29. The number of fused-ring (bicyclic) bond motifs is 1. The monoisotopic (exact) mass is 338 g/mol. The largest absolute Gasteiger partial charge is 0.359 e. The maximum absolute atomic E-state index is 11.8. The summed E-state index contributed by atoms with van der Waals surface area (Å²) in [6, 6.07) is 7.00. The van der Waals surface area contributed by atoms with E-state index < -0.39 is 0 Å². The Bertz CT molecular complexity index is 499. The van der Waals surface area contributed by atoms with Gasteiger partial charge in [-0.25, -0.2) is 0 Å². The molecule has 1 aliphatic rings. The van der Waals surface area contributed by atoms with Gasteiger partial charge in [0.15, 0.2) is 0 Å². The minimum absolute atomic E-state index is 0.0881. The van der Waals surface area contributed by atoms with Gasteiger partial charge in [-0.2, -0.15) is 0 Å². The zero-order valence-corrected chi connectivity index (χ0v) is 14.0. The Morgan fingerprint density at radius 3 is 2.85 bits per heavy atom. The quantitative estimate of drug-likeness (QED) is 0.886. The number of aryl methyl sites for hydroxylation is 1. The molecule has 1 atom stereocenters. The topological polar surface area (TPSA) is 41.1 Å². The van der Waals surface area contributed by atoms with Gasteiger partial charge >= 0.3 is 0 Å². The van der Waals surface area contributed by atoms with E-state index in [9.17, 15) is 4.79 Å². The molecule has 1 aromatic carbocycles. The maximum Gasteiger partial charge on any atom is 0.226 e. The van der Waals surface area contributed by atoms with Crippen molar-refractivity contribution in [3.05, 3.63) is 33.8 Å². The first-order valence-electron chi connectivity index (χ1n) is 7.15. The number of halogens is 1. The molecule has 1 amide bonds. The highest BCUT2D eigenvalue weighted by Gasteiger charge is 2.28. The normalized spacial score (nSPS) is 18.5. The first-order chi connectivity index (χ1) is 9.42. The summed E-state index contributed by atoms with van der Waals surface area (Å²) in [7, 11) is 1.69. The van der Waals surface area contributed by atoms with Crippen LogP contribution in [-0.4, -0.2) is 25.5 Å². The molecule has 1 aromatic rings. The molecule has 4 heteroatoms. The molecule has 0 saturated heterocycles. The third kappa shape index (κ3) is 3.61. The van der Waals surface area contributed by atoms with Crippen molar-refractivity contribution >= 4 is 21.8 Å². The smallest absolute Gasteiger partial charge is 0.226 e. The summed E-state index contributed by atoms with van der Waals surface area (Å²) in [6.07, 6.45) is 3.28. The fourth-order valence-electron chi connectivity index (χ4n) is 2.72. The number of carbonyl (C=O) groups excluding carboxylic acids is 1. The van der Waals surface area contributed by atoms with E-state index in [1.165, 1.54) is 11.1 Å². The molecular formula is C16H23BrN2O. The van der Waals surface area contributed by atoms with Crippen LogP contribution in [0.5, 0.6) is 0 Å². The number of benzene rings is 1. The fraction of sp³-hybridized carbons (Fsp3) is 0.562. The number of rotatable bonds is 4. The predicted molar refractivity (Wildman–Crippen MR) is 85.8 cm³/mol. The Hall–Kier alpha value is -0.870. The Labute approximate surface area is 129 Å². The van der Waals surface area contributed by atoms with E-state index in [1.54, 1.807) is 7.05 Å². The van der Waals surface area contributed by atoms with Gasteiger partial charge in [0.05, 0.1) is 5.41 Å². The van der Waals surface area contributed by atoms with E-state index in [0.717, 1.165) is 23.7 Å². The molecule has 0 aliphatic heterocycles. The lowest BCUT2D eigenvalue weighted by atomic mass is 9.86. The second-order valence-corrected chi connectivity index (χ2v) is 7.11. The number of hydrogen-bond donors (Lipinski definition) is 2. The SMILES string of the molecule is CNC(=O)C(C)(C)CNC1CCc2cc(Br)ccc2C1. The molecule has 1 aliphatic carbocycles. The molecule has 3 nitrogen and oxygen atoms in total. The van der Waals surface area contributed by atoms with Gasteiger partial charge in [0.25, 0.3) is 0 Å². The lowest BCUT2D eigenvalue weighted by Gasteiger charge is -2.30. The number of nitrogens with one attached hydrogen (secondary N) is 2. The van der Waals surface area contributed by atoms with Crippen LogP contribution in [0.25, 0.3) is 0 Å².